The van der Waals surface area contributed by atoms with Crippen molar-refractivity contribution in [3.05, 3.63) is 23.8 Å². The standard InChI is InChI=1S/C23H30FN3O3/c1-12(2)30-17-10-26-20-18(19(17)24)16(9-25-20)13(3)21(28)27-14-5-22(4)6-15(27)8-23(29,7-14)11-22/h9-10,12-15,29H,5-8,11H2,1-4H3,(H,25,26). The Balaban J connectivity index is 1.47. The van der Waals surface area contributed by atoms with Crippen LogP contribution in [0.2, 0.25) is 0 Å². The average molecular weight is 416 g/mol. The van der Waals surface area contributed by atoms with Crippen LogP contribution in [0, 0.1) is 11.2 Å². The number of nitrogens with zero attached hydrogens (tertiary/aromatic N) is 2. The van der Waals surface area contributed by atoms with Gasteiger partial charge in [0.2, 0.25) is 5.91 Å². The fourth-order valence-corrected chi connectivity index (χ4v) is 6.56. The second-order valence-electron chi connectivity index (χ2n) is 10.4. The van der Waals surface area contributed by atoms with Crippen molar-refractivity contribution in [3.63, 3.8) is 0 Å². The van der Waals surface area contributed by atoms with Gasteiger partial charge in [0.25, 0.3) is 0 Å². The van der Waals surface area contributed by atoms with Gasteiger partial charge in [-0.2, -0.15) is 0 Å². The molecular formula is C23H30FN3O3. The highest BCUT2D eigenvalue weighted by molar-refractivity contribution is 5.91. The fraction of sp³-hybridized carbons (Fsp3) is 0.652. The SMILES string of the molecule is CC(C)Oc1cnc2[nH]cc(C(C)C(=O)N3C4CC5(C)CC3CC(O)(C4)C5)c2c1F. The van der Waals surface area contributed by atoms with Crippen molar-refractivity contribution in [2.24, 2.45) is 5.41 Å². The maximum atomic E-state index is 15.2. The van der Waals surface area contributed by atoms with Gasteiger partial charge in [-0.1, -0.05) is 6.92 Å². The van der Waals surface area contributed by atoms with Crippen molar-refractivity contribution in [1.29, 1.82) is 0 Å². The lowest BCUT2D eigenvalue weighted by molar-refractivity contribution is -0.193. The molecule has 6 rings (SSSR count). The zero-order chi connectivity index (χ0) is 21.4. The molecule has 0 aromatic carbocycles. The first-order chi connectivity index (χ1) is 14.1. The number of rotatable bonds is 4. The Morgan fingerprint density at radius 1 is 1.30 bits per heavy atom. The molecule has 2 N–H and O–H groups in total. The molecule has 30 heavy (non-hydrogen) atoms. The molecule has 6 nitrogen and oxygen atoms in total. The minimum absolute atomic E-state index is 0.00600. The number of halogens is 1. The van der Waals surface area contributed by atoms with Gasteiger partial charge in [0.05, 0.1) is 29.2 Å². The number of pyridine rings is 1. The van der Waals surface area contributed by atoms with Crippen molar-refractivity contribution in [2.45, 2.75) is 89.5 Å². The number of hydrogen-bond donors (Lipinski definition) is 2. The largest absolute Gasteiger partial charge is 0.486 e. The molecule has 2 aliphatic carbocycles. The summed E-state index contributed by atoms with van der Waals surface area (Å²) in [5, 5.41) is 11.3. The predicted molar refractivity (Wildman–Crippen MR) is 111 cm³/mol. The van der Waals surface area contributed by atoms with Crippen molar-refractivity contribution < 1.29 is 19.0 Å². The molecule has 162 valence electrons. The molecule has 3 atom stereocenters. The van der Waals surface area contributed by atoms with E-state index in [4.69, 9.17) is 4.74 Å². The lowest BCUT2D eigenvalue weighted by atomic mass is 9.54. The highest BCUT2D eigenvalue weighted by atomic mass is 19.1. The van der Waals surface area contributed by atoms with Crippen LogP contribution in [0.5, 0.6) is 5.75 Å². The summed E-state index contributed by atoms with van der Waals surface area (Å²) in [6.45, 7) is 7.74. The van der Waals surface area contributed by atoms with Crippen LogP contribution < -0.4 is 4.74 Å². The summed E-state index contributed by atoms with van der Waals surface area (Å²) in [6, 6.07) is 0.119. The molecule has 2 saturated carbocycles. The molecule has 7 heteroatoms. The number of aliphatic hydroxyl groups is 1. The van der Waals surface area contributed by atoms with Gasteiger partial charge in [-0.25, -0.2) is 9.37 Å². The van der Waals surface area contributed by atoms with E-state index in [0.29, 0.717) is 29.4 Å². The monoisotopic (exact) mass is 415 g/mol. The fourth-order valence-electron chi connectivity index (χ4n) is 6.56. The van der Waals surface area contributed by atoms with Crippen LogP contribution in [-0.2, 0) is 4.79 Å². The van der Waals surface area contributed by atoms with Crippen molar-refractivity contribution >= 4 is 16.9 Å². The molecule has 2 saturated heterocycles. The van der Waals surface area contributed by atoms with Crippen LogP contribution in [0.1, 0.15) is 71.3 Å². The van der Waals surface area contributed by atoms with E-state index in [1.54, 1.807) is 6.20 Å². The Morgan fingerprint density at radius 2 is 1.97 bits per heavy atom. The molecule has 0 radical (unpaired) electrons. The molecule has 1 amide bonds. The highest BCUT2D eigenvalue weighted by Crippen LogP contribution is 2.58. The van der Waals surface area contributed by atoms with Crippen LogP contribution >= 0.6 is 0 Å². The van der Waals surface area contributed by atoms with Crippen molar-refractivity contribution in [2.75, 3.05) is 0 Å². The smallest absolute Gasteiger partial charge is 0.230 e. The normalized spacial score (nSPS) is 33.5. The molecule has 4 bridgehead atoms. The molecular weight excluding hydrogens is 385 g/mol. The van der Waals surface area contributed by atoms with Crippen LogP contribution in [-0.4, -0.2) is 49.7 Å². The molecule has 3 unspecified atom stereocenters. The summed E-state index contributed by atoms with van der Waals surface area (Å²) in [5.74, 6) is -0.884. The lowest BCUT2D eigenvalue weighted by Crippen LogP contribution is -2.68. The van der Waals surface area contributed by atoms with E-state index < -0.39 is 17.3 Å². The molecule has 2 aliphatic heterocycles. The number of nitrogens with one attached hydrogen (secondary N) is 1. The Kier molecular flexibility index (Phi) is 4.24. The predicted octanol–water partition coefficient (Wildman–Crippen LogP) is 3.89. The summed E-state index contributed by atoms with van der Waals surface area (Å²) in [6.07, 6.45) is 6.89. The van der Waals surface area contributed by atoms with E-state index in [2.05, 4.69) is 16.9 Å². The number of ether oxygens (including phenoxy) is 1. The molecule has 2 aromatic heterocycles. The van der Waals surface area contributed by atoms with Crippen LogP contribution in [0.4, 0.5) is 4.39 Å². The summed E-state index contributed by atoms with van der Waals surface area (Å²) < 4.78 is 20.8. The zero-order valence-corrected chi connectivity index (χ0v) is 18.0. The first-order valence-corrected chi connectivity index (χ1v) is 11.0. The number of carbonyl (C=O) groups is 1. The Bertz CT molecular complexity index is 981. The van der Waals surface area contributed by atoms with Gasteiger partial charge in [-0.05, 0) is 63.9 Å². The van der Waals surface area contributed by atoms with Gasteiger partial charge in [-0.3, -0.25) is 4.79 Å². The third kappa shape index (κ3) is 2.93. The van der Waals surface area contributed by atoms with Crippen molar-refractivity contribution in [1.82, 2.24) is 14.9 Å². The molecule has 0 spiro atoms. The maximum absolute atomic E-state index is 15.2. The quantitative estimate of drug-likeness (QED) is 0.794. The second kappa shape index (κ2) is 6.42. The Labute approximate surface area is 175 Å². The number of carbonyl (C=O) groups excluding carboxylic acids is 1. The summed E-state index contributed by atoms with van der Waals surface area (Å²) >= 11 is 0. The number of aromatic amines is 1. The van der Waals surface area contributed by atoms with Crippen molar-refractivity contribution in [3.8, 4) is 5.75 Å². The number of piperidine rings is 2. The van der Waals surface area contributed by atoms with E-state index in [9.17, 15) is 9.90 Å². The highest BCUT2D eigenvalue weighted by Gasteiger charge is 2.59. The maximum Gasteiger partial charge on any atom is 0.230 e. The number of amides is 1. The number of fused-ring (bicyclic) bond motifs is 1. The molecule has 2 aromatic rings. The first kappa shape index (κ1) is 19.8. The van der Waals surface area contributed by atoms with E-state index in [1.165, 1.54) is 6.20 Å². The Morgan fingerprint density at radius 3 is 2.57 bits per heavy atom. The molecule has 4 fully saturated rings. The third-order valence-electron chi connectivity index (χ3n) is 7.32. The van der Waals surface area contributed by atoms with Gasteiger partial charge in [0, 0.05) is 18.3 Å². The Hall–Kier alpha value is -2.15. The average Bonchev–Trinajstić information content (AvgIpc) is 3.05. The van der Waals surface area contributed by atoms with Gasteiger partial charge >= 0.3 is 0 Å². The first-order valence-electron chi connectivity index (χ1n) is 11.0. The van der Waals surface area contributed by atoms with Crippen LogP contribution in [0.15, 0.2) is 12.4 Å². The molecule has 4 aliphatic rings. The minimum atomic E-state index is -0.638. The van der Waals surface area contributed by atoms with E-state index in [-0.39, 0.29) is 35.3 Å². The van der Waals surface area contributed by atoms with Crippen LogP contribution in [0.3, 0.4) is 0 Å². The topological polar surface area (TPSA) is 78.5 Å². The van der Waals surface area contributed by atoms with E-state index in [0.717, 1.165) is 19.3 Å². The van der Waals surface area contributed by atoms with E-state index >= 15 is 4.39 Å². The van der Waals surface area contributed by atoms with Gasteiger partial charge in [0.1, 0.15) is 5.65 Å². The summed E-state index contributed by atoms with van der Waals surface area (Å²) in [4.78, 5) is 22.9. The minimum Gasteiger partial charge on any atom is -0.486 e. The lowest BCUT2D eigenvalue weighted by Gasteiger charge is -2.63. The molecule has 4 heterocycles. The van der Waals surface area contributed by atoms with Gasteiger partial charge in [-0.15, -0.1) is 0 Å². The number of H-pyrrole nitrogens is 1. The second-order valence-corrected chi connectivity index (χ2v) is 10.4. The van der Waals surface area contributed by atoms with E-state index in [1.807, 2.05) is 25.7 Å². The van der Waals surface area contributed by atoms with Crippen LogP contribution in [0.25, 0.3) is 11.0 Å². The number of hydrogen-bond acceptors (Lipinski definition) is 4. The summed E-state index contributed by atoms with van der Waals surface area (Å²) in [7, 11) is 0. The zero-order valence-electron chi connectivity index (χ0n) is 18.0. The van der Waals surface area contributed by atoms with Gasteiger partial charge < -0.3 is 19.7 Å². The number of aromatic nitrogens is 2. The third-order valence-corrected chi connectivity index (χ3v) is 7.32. The summed E-state index contributed by atoms with van der Waals surface area (Å²) in [5.41, 5.74) is 0.495. The van der Waals surface area contributed by atoms with Gasteiger partial charge in [0.15, 0.2) is 11.6 Å².